The normalized spacial score (nSPS) is 12.2. The van der Waals surface area contributed by atoms with Crippen LogP contribution in [0.25, 0.3) is 0 Å². The van der Waals surface area contributed by atoms with Gasteiger partial charge in [0.1, 0.15) is 6.61 Å². The van der Waals surface area contributed by atoms with Gasteiger partial charge in [-0.2, -0.15) is 0 Å². The quantitative estimate of drug-likeness (QED) is 0.0346. The van der Waals surface area contributed by atoms with Crippen molar-refractivity contribution in [3.05, 3.63) is 24.3 Å². The second-order valence-electron chi connectivity index (χ2n) is 18.9. The maximum absolute atomic E-state index is 12.8. The van der Waals surface area contributed by atoms with E-state index in [2.05, 4.69) is 45.1 Å². The maximum atomic E-state index is 12.8. The molecule has 0 aliphatic heterocycles. The summed E-state index contributed by atoms with van der Waals surface area (Å²) in [6.45, 7) is 7.85. The number of esters is 2. The van der Waals surface area contributed by atoms with E-state index < -0.39 is 6.10 Å². The average Bonchev–Trinajstić information content (AvgIpc) is 3.27. The van der Waals surface area contributed by atoms with Gasteiger partial charge in [-0.3, -0.25) is 9.59 Å². The Morgan fingerprint density at radius 2 is 0.677 bits per heavy atom. The molecule has 0 radical (unpaired) electrons. The number of ether oxygens (including phenoxy) is 3. The van der Waals surface area contributed by atoms with Gasteiger partial charge in [-0.15, -0.1) is 0 Å². The smallest absolute Gasteiger partial charge is 0.306 e. The van der Waals surface area contributed by atoms with Gasteiger partial charge < -0.3 is 14.2 Å². The zero-order valence-corrected chi connectivity index (χ0v) is 42.2. The first-order valence-electron chi connectivity index (χ1n) is 27.9. The van der Waals surface area contributed by atoms with Gasteiger partial charge >= 0.3 is 11.9 Å². The molecule has 0 aromatic heterocycles. The van der Waals surface area contributed by atoms with Gasteiger partial charge in [-0.1, -0.05) is 263 Å². The first-order valence-corrected chi connectivity index (χ1v) is 27.9. The molecule has 0 rings (SSSR count). The molecule has 0 aromatic carbocycles. The SMILES string of the molecule is CCCCC/C=C\C/C=C\CCCCCCCC(=O)OC(COCCCCCCCCCCCCCC)COC(=O)CCCCCCCCCCCCCCCCCCCCC. The van der Waals surface area contributed by atoms with Crippen molar-refractivity contribution in [1.29, 1.82) is 0 Å². The zero-order chi connectivity index (χ0) is 44.9. The third-order valence-corrected chi connectivity index (χ3v) is 12.5. The standard InChI is InChI=1S/C57H108O5/c1-4-7-10-13-16-19-22-25-27-28-29-30-32-33-35-38-41-44-47-50-56(58)61-54-55(53-60-52-49-46-43-40-37-24-21-18-15-12-9-6-3)62-57(59)51-48-45-42-39-36-34-31-26-23-20-17-14-11-8-5-2/h17,20,26,31,55H,4-16,18-19,21-25,27-30,32-54H2,1-3H3/b20-17-,31-26-. The molecule has 0 heterocycles. The molecule has 0 fully saturated rings. The molecule has 366 valence electrons. The lowest BCUT2D eigenvalue weighted by Gasteiger charge is -2.18. The van der Waals surface area contributed by atoms with Crippen molar-refractivity contribution in [2.75, 3.05) is 19.8 Å². The van der Waals surface area contributed by atoms with Gasteiger partial charge in [0.15, 0.2) is 6.10 Å². The van der Waals surface area contributed by atoms with Crippen LogP contribution < -0.4 is 0 Å². The molecular formula is C57H108O5. The molecule has 1 unspecified atom stereocenters. The fourth-order valence-corrected chi connectivity index (χ4v) is 8.31. The van der Waals surface area contributed by atoms with E-state index in [0.717, 1.165) is 51.4 Å². The Labute approximate surface area is 387 Å². The van der Waals surface area contributed by atoms with E-state index in [1.165, 1.54) is 218 Å². The third kappa shape index (κ3) is 51.0. The van der Waals surface area contributed by atoms with Crippen molar-refractivity contribution in [3.63, 3.8) is 0 Å². The van der Waals surface area contributed by atoms with E-state index in [-0.39, 0.29) is 18.5 Å². The van der Waals surface area contributed by atoms with Crippen LogP contribution in [0.3, 0.4) is 0 Å². The average molecular weight is 873 g/mol. The molecule has 0 saturated carbocycles. The summed E-state index contributed by atoms with van der Waals surface area (Å²) < 4.78 is 17.4. The van der Waals surface area contributed by atoms with Crippen LogP contribution in [-0.2, 0) is 23.8 Å². The number of hydrogen-bond acceptors (Lipinski definition) is 5. The molecule has 0 aromatic rings. The van der Waals surface area contributed by atoms with Crippen LogP contribution >= 0.6 is 0 Å². The Morgan fingerprint density at radius 3 is 1.10 bits per heavy atom. The van der Waals surface area contributed by atoms with Crippen LogP contribution in [0, 0.1) is 0 Å². The van der Waals surface area contributed by atoms with Crippen LogP contribution in [0.15, 0.2) is 24.3 Å². The summed E-state index contributed by atoms with van der Waals surface area (Å²) in [5.41, 5.74) is 0. The topological polar surface area (TPSA) is 61.8 Å². The van der Waals surface area contributed by atoms with Crippen molar-refractivity contribution in [2.24, 2.45) is 0 Å². The predicted octanol–water partition coefficient (Wildman–Crippen LogP) is 18.8. The van der Waals surface area contributed by atoms with Crippen molar-refractivity contribution < 1.29 is 23.8 Å². The van der Waals surface area contributed by atoms with E-state index in [4.69, 9.17) is 14.2 Å². The van der Waals surface area contributed by atoms with Gasteiger partial charge in [-0.25, -0.2) is 0 Å². The van der Waals surface area contributed by atoms with Crippen molar-refractivity contribution in [3.8, 4) is 0 Å². The summed E-state index contributed by atoms with van der Waals surface area (Å²) in [6, 6.07) is 0. The molecule has 0 amide bonds. The summed E-state index contributed by atoms with van der Waals surface area (Å²) in [5, 5.41) is 0. The third-order valence-electron chi connectivity index (χ3n) is 12.5. The maximum Gasteiger partial charge on any atom is 0.306 e. The van der Waals surface area contributed by atoms with Crippen molar-refractivity contribution in [1.82, 2.24) is 0 Å². The lowest BCUT2D eigenvalue weighted by molar-refractivity contribution is -0.163. The minimum atomic E-state index is -0.535. The summed E-state index contributed by atoms with van der Waals surface area (Å²) in [6.07, 6.45) is 63.3. The van der Waals surface area contributed by atoms with Crippen LogP contribution in [0.4, 0.5) is 0 Å². The van der Waals surface area contributed by atoms with Gasteiger partial charge in [0, 0.05) is 19.4 Å². The van der Waals surface area contributed by atoms with E-state index in [0.29, 0.717) is 26.1 Å². The molecule has 0 aliphatic rings. The summed E-state index contributed by atoms with van der Waals surface area (Å²) >= 11 is 0. The van der Waals surface area contributed by atoms with Gasteiger partial charge in [0.25, 0.3) is 0 Å². The highest BCUT2D eigenvalue weighted by molar-refractivity contribution is 5.70. The molecule has 62 heavy (non-hydrogen) atoms. The molecule has 0 N–H and O–H groups in total. The number of carbonyl (C=O) groups is 2. The fourth-order valence-electron chi connectivity index (χ4n) is 8.31. The molecule has 5 nitrogen and oxygen atoms in total. The van der Waals surface area contributed by atoms with Crippen LogP contribution in [0.2, 0.25) is 0 Å². The van der Waals surface area contributed by atoms with Gasteiger partial charge in [-0.05, 0) is 51.4 Å². The zero-order valence-electron chi connectivity index (χ0n) is 42.2. The number of carbonyl (C=O) groups excluding carboxylic acids is 2. The number of allylic oxidation sites excluding steroid dienone is 4. The Balaban J connectivity index is 4.19. The molecule has 1 atom stereocenters. The Morgan fingerprint density at radius 1 is 0.355 bits per heavy atom. The number of hydrogen-bond donors (Lipinski definition) is 0. The highest BCUT2D eigenvalue weighted by Crippen LogP contribution is 2.16. The molecule has 0 spiro atoms. The summed E-state index contributed by atoms with van der Waals surface area (Å²) in [7, 11) is 0. The highest BCUT2D eigenvalue weighted by Gasteiger charge is 2.17. The summed E-state index contributed by atoms with van der Waals surface area (Å²) in [5.74, 6) is -0.391. The Bertz CT molecular complexity index is 943. The van der Waals surface area contributed by atoms with Gasteiger partial charge in [0.05, 0.1) is 6.61 Å². The van der Waals surface area contributed by atoms with Crippen LogP contribution in [0.5, 0.6) is 0 Å². The summed E-state index contributed by atoms with van der Waals surface area (Å²) in [4.78, 5) is 25.4. The lowest BCUT2D eigenvalue weighted by Crippen LogP contribution is -2.30. The van der Waals surface area contributed by atoms with E-state index in [9.17, 15) is 9.59 Å². The van der Waals surface area contributed by atoms with Crippen molar-refractivity contribution in [2.45, 2.75) is 309 Å². The number of unbranched alkanes of at least 4 members (excludes halogenated alkanes) is 37. The second kappa shape index (κ2) is 53.7. The number of rotatable bonds is 52. The minimum absolute atomic E-state index is 0.0876. The van der Waals surface area contributed by atoms with E-state index in [1.807, 2.05) is 0 Å². The van der Waals surface area contributed by atoms with Gasteiger partial charge in [0.2, 0.25) is 0 Å². The lowest BCUT2D eigenvalue weighted by atomic mass is 10.0. The molecule has 0 aliphatic carbocycles. The predicted molar refractivity (Wildman–Crippen MR) is 270 cm³/mol. The largest absolute Gasteiger partial charge is 0.462 e. The van der Waals surface area contributed by atoms with E-state index in [1.54, 1.807) is 0 Å². The fraction of sp³-hybridized carbons (Fsp3) is 0.895. The first-order chi connectivity index (χ1) is 30.6. The van der Waals surface area contributed by atoms with E-state index >= 15 is 0 Å². The highest BCUT2D eigenvalue weighted by atomic mass is 16.6. The molecule has 5 heteroatoms. The van der Waals surface area contributed by atoms with Crippen molar-refractivity contribution >= 4 is 11.9 Å². The monoisotopic (exact) mass is 873 g/mol. The van der Waals surface area contributed by atoms with Crippen LogP contribution in [-0.4, -0.2) is 37.9 Å². The molecule has 0 saturated heterocycles. The molecular weight excluding hydrogens is 765 g/mol. The molecule has 0 bridgehead atoms. The Kier molecular flexibility index (Phi) is 52.3. The Hall–Kier alpha value is -1.62. The second-order valence-corrected chi connectivity index (χ2v) is 18.9. The van der Waals surface area contributed by atoms with Crippen LogP contribution in [0.1, 0.15) is 303 Å². The minimum Gasteiger partial charge on any atom is -0.462 e. The first kappa shape index (κ1) is 60.4.